The molecule has 0 saturated heterocycles. The lowest BCUT2D eigenvalue weighted by molar-refractivity contribution is 0.380. The number of rotatable bonds is 3. The fourth-order valence-electron chi connectivity index (χ4n) is 1.06. The van der Waals surface area contributed by atoms with Crippen molar-refractivity contribution < 1.29 is 4.52 Å². The Morgan fingerprint density at radius 1 is 1.54 bits per heavy atom. The molecule has 0 spiro atoms. The Balaban J connectivity index is 2.23. The van der Waals surface area contributed by atoms with Gasteiger partial charge in [0.1, 0.15) is 0 Å². The van der Waals surface area contributed by atoms with E-state index in [2.05, 4.69) is 15.1 Å². The van der Waals surface area contributed by atoms with Crippen molar-refractivity contribution in [2.75, 3.05) is 6.54 Å². The minimum absolute atomic E-state index is 0.523. The van der Waals surface area contributed by atoms with Crippen molar-refractivity contribution in [2.45, 2.75) is 6.42 Å². The molecule has 0 fully saturated rings. The minimum Gasteiger partial charge on any atom is -0.367 e. The second kappa shape index (κ2) is 3.40. The highest BCUT2D eigenvalue weighted by Crippen LogP contribution is 2.13. The maximum Gasteiger partial charge on any atom is 0.228 e. The van der Waals surface area contributed by atoms with Crippen LogP contribution < -0.4 is 5.73 Å². The molecule has 5 nitrogen and oxygen atoms in total. The maximum absolute atomic E-state index is 5.35. The first-order valence-electron chi connectivity index (χ1n) is 4.06. The summed E-state index contributed by atoms with van der Waals surface area (Å²) in [7, 11) is 0. The fraction of sp³-hybridized carbons (Fsp3) is 0.250. The summed E-state index contributed by atoms with van der Waals surface area (Å²) in [4.78, 5) is 7.09. The molecule has 68 valence electrons. The number of nitrogens with two attached hydrogens (primary N) is 1. The molecule has 2 heterocycles. The van der Waals surface area contributed by atoms with E-state index >= 15 is 0 Å². The summed E-state index contributed by atoms with van der Waals surface area (Å²) < 4.78 is 4.97. The predicted molar refractivity (Wildman–Crippen MR) is 46.8 cm³/mol. The molecule has 0 atom stereocenters. The van der Waals surface area contributed by atoms with E-state index in [1.807, 2.05) is 18.5 Å². The number of H-pyrrole nitrogens is 1. The van der Waals surface area contributed by atoms with Gasteiger partial charge in [-0.3, -0.25) is 0 Å². The van der Waals surface area contributed by atoms with Gasteiger partial charge in [-0.2, -0.15) is 4.98 Å². The third kappa shape index (κ3) is 1.59. The smallest absolute Gasteiger partial charge is 0.228 e. The summed E-state index contributed by atoms with van der Waals surface area (Å²) in [6, 6.07) is 1.89. The number of hydrogen-bond acceptors (Lipinski definition) is 4. The van der Waals surface area contributed by atoms with Crippen molar-refractivity contribution >= 4 is 0 Å². The van der Waals surface area contributed by atoms with Crippen LogP contribution in [-0.4, -0.2) is 21.7 Å². The highest BCUT2D eigenvalue weighted by Gasteiger charge is 2.07. The molecule has 2 rings (SSSR count). The van der Waals surface area contributed by atoms with E-state index in [4.69, 9.17) is 10.3 Å². The quantitative estimate of drug-likeness (QED) is 0.719. The van der Waals surface area contributed by atoms with Crippen molar-refractivity contribution in [3.8, 4) is 11.4 Å². The molecule has 0 radical (unpaired) electrons. The first-order valence-corrected chi connectivity index (χ1v) is 4.06. The van der Waals surface area contributed by atoms with Gasteiger partial charge in [-0.1, -0.05) is 5.16 Å². The van der Waals surface area contributed by atoms with E-state index in [-0.39, 0.29) is 0 Å². The number of nitrogens with zero attached hydrogens (tertiary/aromatic N) is 2. The van der Waals surface area contributed by atoms with Crippen molar-refractivity contribution in [3.63, 3.8) is 0 Å². The molecule has 5 heteroatoms. The molecule has 0 aliphatic heterocycles. The zero-order valence-electron chi connectivity index (χ0n) is 7.03. The topological polar surface area (TPSA) is 80.7 Å². The van der Waals surface area contributed by atoms with Crippen molar-refractivity contribution in [3.05, 3.63) is 24.4 Å². The number of aromatic nitrogens is 3. The lowest BCUT2D eigenvalue weighted by atomic mass is 10.3. The van der Waals surface area contributed by atoms with Gasteiger partial charge in [-0.25, -0.2) is 0 Å². The highest BCUT2D eigenvalue weighted by atomic mass is 16.5. The Kier molecular flexibility index (Phi) is 2.09. The summed E-state index contributed by atoms with van der Waals surface area (Å²) in [5, 5.41) is 3.82. The van der Waals surface area contributed by atoms with E-state index in [1.165, 1.54) is 0 Å². The van der Waals surface area contributed by atoms with E-state index in [0.29, 0.717) is 24.7 Å². The molecule has 0 bridgehead atoms. The van der Waals surface area contributed by atoms with Crippen LogP contribution in [0.25, 0.3) is 11.4 Å². The normalized spacial score (nSPS) is 10.5. The van der Waals surface area contributed by atoms with E-state index < -0.39 is 0 Å². The zero-order chi connectivity index (χ0) is 9.10. The standard InChI is InChI=1S/C8H10N4O/c9-3-1-7-11-8(12-13-7)6-2-4-10-5-6/h2,4-5,10H,1,3,9H2. The van der Waals surface area contributed by atoms with Gasteiger partial charge in [0, 0.05) is 30.9 Å². The molecule has 0 aliphatic rings. The summed E-state index contributed by atoms with van der Waals surface area (Å²) in [6.45, 7) is 0.523. The molecule has 0 aromatic carbocycles. The second-order valence-electron chi connectivity index (χ2n) is 2.65. The Morgan fingerprint density at radius 2 is 2.46 bits per heavy atom. The summed E-state index contributed by atoms with van der Waals surface area (Å²) >= 11 is 0. The molecule has 0 aliphatic carbocycles. The first kappa shape index (κ1) is 8.00. The van der Waals surface area contributed by atoms with Crippen molar-refractivity contribution in [2.24, 2.45) is 5.73 Å². The average Bonchev–Trinajstić information content (AvgIpc) is 2.70. The molecular weight excluding hydrogens is 168 g/mol. The largest absolute Gasteiger partial charge is 0.367 e. The second-order valence-corrected chi connectivity index (χ2v) is 2.65. The number of hydrogen-bond donors (Lipinski definition) is 2. The van der Waals surface area contributed by atoms with Gasteiger partial charge < -0.3 is 15.2 Å². The lowest BCUT2D eigenvalue weighted by Crippen LogP contribution is -2.02. The van der Waals surface area contributed by atoms with Crippen LogP contribution in [0.15, 0.2) is 23.0 Å². The van der Waals surface area contributed by atoms with Crippen LogP contribution in [0.5, 0.6) is 0 Å². The third-order valence-electron chi connectivity index (χ3n) is 1.68. The molecule has 0 saturated carbocycles. The predicted octanol–water partition coefficient (Wildman–Crippen LogP) is 0.566. The third-order valence-corrected chi connectivity index (χ3v) is 1.68. The monoisotopic (exact) mass is 178 g/mol. The van der Waals surface area contributed by atoms with Gasteiger partial charge in [0.15, 0.2) is 0 Å². The van der Waals surface area contributed by atoms with Gasteiger partial charge in [-0.15, -0.1) is 0 Å². The molecule has 2 aromatic heterocycles. The Morgan fingerprint density at radius 3 is 3.15 bits per heavy atom. The van der Waals surface area contributed by atoms with Gasteiger partial charge in [0.2, 0.25) is 11.7 Å². The van der Waals surface area contributed by atoms with Crippen LogP contribution in [0.2, 0.25) is 0 Å². The van der Waals surface area contributed by atoms with E-state index in [0.717, 1.165) is 5.56 Å². The van der Waals surface area contributed by atoms with Crippen LogP contribution in [0.3, 0.4) is 0 Å². The van der Waals surface area contributed by atoms with Crippen molar-refractivity contribution in [1.29, 1.82) is 0 Å². The van der Waals surface area contributed by atoms with Gasteiger partial charge in [0.05, 0.1) is 0 Å². The van der Waals surface area contributed by atoms with Crippen LogP contribution in [-0.2, 0) is 6.42 Å². The van der Waals surface area contributed by atoms with Crippen LogP contribution in [0.1, 0.15) is 5.89 Å². The van der Waals surface area contributed by atoms with Crippen molar-refractivity contribution in [1.82, 2.24) is 15.1 Å². The molecular formula is C8H10N4O. The number of nitrogens with one attached hydrogen (secondary N) is 1. The zero-order valence-corrected chi connectivity index (χ0v) is 7.03. The van der Waals surface area contributed by atoms with Gasteiger partial charge in [0.25, 0.3) is 0 Å². The SMILES string of the molecule is NCCc1nc(-c2cc[nH]c2)no1. The molecule has 0 unspecified atom stereocenters. The highest BCUT2D eigenvalue weighted by molar-refractivity contribution is 5.52. The Bertz CT molecular complexity index is 365. The average molecular weight is 178 g/mol. The van der Waals surface area contributed by atoms with Crippen LogP contribution in [0, 0.1) is 0 Å². The molecule has 3 N–H and O–H groups in total. The van der Waals surface area contributed by atoms with Crippen LogP contribution in [0.4, 0.5) is 0 Å². The molecule has 2 aromatic rings. The van der Waals surface area contributed by atoms with E-state index in [1.54, 1.807) is 0 Å². The summed E-state index contributed by atoms with van der Waals surface area (Å²) in [6.07, 6.45) is 4.25. The fourth-order valence-corrected chi connectivity index (χ4v) is 1.06. The summed E-state index contributed by atoms with van der Waals surface area (Å²) in [5.74, 6) is 1.18. The first-order chi connectivity index (χ1) is 6.40. The Labute approximate surface area is 75.0 Å². The Hall–Kier alpha value is -1.62. The lowest BCUT2D eigenvalue weighted by Gasteiger charge is -1.84. The summed E-state index contributed by atoms with van der Waals surface area (Å²) in [5.41, 5.74) is 6.28. The van der Waals surface area contributed by atoms with Gasteiger partial charge in [-0.05, 0) is 6.07 Å². The minimum atomic E-state index is 0.523. The van der Waals surface area contributed by atoms with E-state index in [9.17, 15) is 0 Å². The molecule has 13 heavy (non-hydrogen) atoms. The maximum atomic E-state index is 5.35. The van der Waals surface area contributed by atoms with Crippen LogP contribution >= 0.6 is 0 Å². The number of aromatic amines is 1. The molecule has 0 amide bonds. The van der Waals surface area contributed by atoms with Gasteiger partial charge >= 0.3 is 0 Å².